The third kappa shape index (κ3) is 4.30. The lowest BCUT2D eigenvalue weighted by Crippen LogP contribution is -2.45. The van der Waals surface area contributed by atoms with Crippen molar-refractivity contribution < 1.29 is 4.79 Å². The van der Waals surface area contributed by atoms with E-state index >= 15 is 0 Å². The van der Waals surface area contributed by atoms with Crippen LogP contribution in [0.1, 0.15) is 48.9 Å². The van der Waals surface area contributed by atoms with Crippen molar-refractivity contribution in [1.29, 1.82) is 0 Å². The van der Waals surface area contributed by atoms with Crippen molar-refractivity contribution in [2.45, 2.75) is 38.6 Å². The first kappa shape index (κ1) is 17.1. The van der Waals surface area contributed by atoms with E-state index in [1.165, 1.54) is 6.20 Å². The van der Waals surface area contributed by atoms with Gasteiger partial charge in [0.1, 0.15) is 11.5 Å². The second-order valence-electron chi connectivity index (χ2n) is 5.10. The fourth-order valence-corrected chi connectivity index (χ4v) is 2.22. The predicted molar refractivity (Wildman–Crippen MR) is 81.7 cm³/mol. The molecule has 5 nitrogen and oxygen atoms in total. The van der Waals surface area contributed by atoms with Crippen molar-refractivity contribution in [3.8, 4) is 0 Å². The van der Waals surface area contributed by atoms with Gasteiger partial charge in [0.15, 0.2) is 0 Å². The van der Waals surface area contributed by atoms with Crippen LogP contribution in [0, 0.1) is 0 Å². The number of rotatable bonds is 3. The average molecular weight is 319 g/mol. The molecule has 1 aliphatic rings. The normalized spacial score (nSPS) is 18.5. The highest BCUT2D eigenvalue weighted by Gasteiger charge is 2.20. The molecule has 0 radical (unpaired) electrons. The van der Waals surface area contributed by atoms with Crippen molar-refractivity contribution in [1.82, 2.24) is 20.6 Å². The number of carbonyl (C=O) groups excluding carboxylic acids is 1. The lowest BCUT2D eigenvalue weighted by atomic mass is 10.1. The van der Waals surface area contributed by atoms with Crippen LogP contribution in [0.3, 0.4) is 0 Å². The van der Waals surface area contributed by atoms with Gasteiger partial charge in [-0.2, -0.15) is 0 Å². The number of hydrogen-bond donors (Lipinski definition) is 2. The lowest BCUT2D eigenvalue weighted by molar-refractivity contribution is 0.0925. The van der Waals surface area contributed by atoms with Crippen LogP contribution >= 0.6 is 24.0 Å². The standard InChI is InChI=1S/C13H19ClN4O.ClH/c1-8(2)12-16-7-10(14)11(18-12)13(19)17-9-4-3-5-15-6-9;/h7-9,15H,3-6H2,1-2H3,(H,17,19);1H/t9-;/m0./s1. The van der Waals surface area contributed by atoms with E-state index in [2.05, 4.69) is 20.6 Å². The molecule has 1 fully saturated rings. The Hall–Kier alpha value is -0.910. The number of nitrogens with one attached hydrogen (secondary N) is 2. The number of piperidine rings is 1. The van der Waals surface area contributed by atoms with Gasteiger partial charge in [-0.1, -0.05) is 25.4 Å². The number of halogens is 2. The Morgan fingerprint density at radius 3 is 2.90 bits per heavy atom. The van der Waals surface area contributed by atoms with Crippen LogP contribution < -0.4 is 10.6 Å². The van der Waals surface area contributed by atoms with Crippen molar-refractivity contribution >= 4 is 29.9 Å². The van der Waals surface area contributed by atoms with E-state index in [-0.39, 0.29) is 36.0 Å². The van der Waals surface area contributed by atoms with Crippen molar-refractivity contribution in [3.05, 3.63) is 22.7 Å². The summed E-state index contributed by atoms with van der Waals surface area (Å²) in [6.45, 7) is 5.77. The highest BCUT2D eigenvalue weighted by molar-refractivity contribution is 6.33. The van der Waals surface area contributed by atoms with Crippen molar-refractivity contribution in [3.63, 3.8) is 0 Å². The topological polar surface area (TPSA) is 66.9 Å². The van der Waals surface area contributed by atoms with Crippen LogP contribution in [0.4, 0.5) is 0 Å². The van der Waals surface area contributed by atoms with Crippen LogP contribution in [0.5, 0.6) is 0 Å². The first-order chi connectivity index (χ1) is 9.08. The molecule has 0 aliphatic carbocycles. The molecular formula is C13H20Cl2N4O. The Balaban J connectivity index is 0.00000200. The summed E-state index contributed by atoms with van der Waals surface area (Å²) >= 11 is 6.01. The smallest absolute Gasteiger partial charge is 0.271 e. The summed E-state index contributed by atoms with van der Waals surface area (Å²) in [5.41, 5.74) is 0.269. The molecule has 7 heteroatoms. The molecule has 2 N–H and O–H groups in total. The van der Waals surface area contributed by atoms with E-state index in [1.54, 1.807) is 0 Å². The number of carbonyl (C=O) groups is 1. The number of nitrogens with zero attached hydrogens (tertiary/aromatic N) is 2. The van der Waals surface area contributed by atoms with E-state index < -0.39 is 0 Å². The SMILES string of the molecule is CC(C)c1ncc(Cl)c(C(=O)N[C@H]2CCCNC2)n1.Cl. The molecule has 112 valence electrons. The van der Waals surface area contributed by atoms with E-state index in [1.807, 2.05) is 13.8 Å². The van der Waals surface area contributed by atoms with Gasteiger partial charge in [-0.15, -0.1) is 12.4 Å². The second-order valence-corrected chi connectivity index (χ2v) is 5.50. The molecule has 1 aliphatic heterocycles. The summed E-state index contributed by atoms with van der Waals surface area (Å²) in [5, 5.41) is 6.52. The van der Waals surface area contributed by atoms with Gasteiger partial charge in [0.25, 0.3) is 5.91 Å². The summed E-state index contributed by atoms with van der Waals surface area (Å²) in [6.07, 6.45) is 3.55. The first-order valence-corrected chi connectivity index (χ1v) is 6.99. The van der Waals surface area contributed by atoms with Gasteiger partial charge >= 0.3 is 0 Å². The Morgan fingerprint density at radius 1 is 1.55 bits per heavy atom. The minimum absolute atomic E-state index is 0. The van der Waals surface area contributed by atoms with E-state index in [0.717, 1.165) is 25.9 Å². The highest BCUT2D eigenvalue weighted by atomic mass is 35.5. The van der Waals surface area contributed by atoms with Crippen LogP contribution in [-0.4, -0.2) is 35.0 Å². The molecule has 0 unspecified atom stereocenters. The zero-order valence-electron chi connectivity index (χ0n) is 11.6. The maximum absolute atomic E-state index is 12.2. The van der Waals surface area contributed by atoms with E-state index in [4.69, 9.17) is 11.6 Å². The average Bonchev–Trinajstić information content (AvgIpc) is 2.40. The summed E-state index contributed by atoms with van der Waals surface area (Å²) in [4.78, 5) is 20.6. The van der Waals surface area contributed by atoms with Crippen LogP contribution in [0.2, 0.25) is 5.02 Å². The van der Waals surface area contributed by atoms with Crippen molar-refractivity contribution in [2.24, 2.45) is 0 Å². The fraction of sp³-hybridized carbons (Fsp3) is 0.615. The highest BCUT2D eigenvalue weighted by Crippen LogP contribution is 2.16. The summed E-state index contributed by atoms with van der Waals surface area (Å²) < 4.78 is 0. The number of aromatic nitrogens is 2. The van der Waals surface area contributed by atoms with Crippen LogP contribution in [0.25, 0.3) is 0 Å². The molecule has 1 saturated heterocycles. The Bertz CT molecular complexity index is 462. The van der Waals surface area contributed by atoms with Gasteiger partial charge in [-0.3, -0.25) is 4.79 Å². The molecule has 1 amide bonds. The zero-order valence-corrected chi connectivity index (χ0v) is 13.2. The lowest BCUT2D eigenvalue weighted by Gasteiger charge is -2.23. The zero-order chi connectivity index (χ0) is 13.8. The van der Waals surface area contributed by atoms with Crippen LogP contribution in [-0.2, 0) is 0 Å². The fourth-order valence-electron chi connectivity index (χ4n) is 2.05. The van der Waals surface area contributed by atoms with Crippen LogP contribution in [0.15, 0.2) is 6.20 Å². The summed E-state index contributed by atoms with van der Waals surface area (Å²) in [6, 6.07) is 0.148. The molecule has 2 heterocycles. The maximum atomic E-state index is 12.2. The molecule has 1 aromatic rings. The maximum Gasteiger partial charge on any atom is 0.271 e. The number of hydrogen-bond acceptors (Lipinski definition) is 4. The minimum atomic E-state index is -0.219. The van der Waals surface area contributed by atoms with Gasteiger partial charge in [-0.05, 0) is 19.4 Å². The molecule has 1 aromatic heterocycles. The Morgan fingerprint density at radius 2 is 2.30 bits per heavy atom. The van der Waals surface area contributed by atoms with E-state index in [0.29, 0.717) is 10.8 Å². The van der Waals surface area contributed by atoms with Gasteiger partial charge in [0.05, 0.1) is 11.2 Å². The summed E-state index contributed by atoms with van der Waals surface area (Å²) in [7, 11) is 0. The molecule has 20 heavy (non-hydrogen) atoms. The molecule has 1 atom stereocenters. The monoisotopic (exact) mass is 318 g/mol. The predicted octanol–water partition coefficient (Wildman–Crippen LogP) is 2.16. The molecule has 0 spiro atoms. The molecule has 0 saturated carbocycles. The molecule has 2 rings (SSSR count). The quantitative estimate of drug-likeness (QED) is 0.896. The van der Waals surface area contributed by atoms with Crippen molar-refractivity contribution in [2.75, 3.05) is 13.1 Å². The number of amides is 1. The van der Waals surface area contributed by atoms with Gasteiger partial charge in [-0.25, -0.2) is 9.97 Å². The van der Waals surface area contributed by atoms with Gasteiger partial charge in [0, 0.05) is 18.5 Å². The Labute approximate surface area is 130 Å². The van der Waals surface area contributed by atoms with E-state index in [9.17, 15) is 4.79 Å². The van der Waals surface area contributed by atoms with Gasteiger partial charge < -0.3 is 10.6 Å². The molecule has 0 bridgehead atoms. The third-order valence-corrected chi connectivity index (χ3v) is 3.40. The minimum Gasteiger partial charge on any atom is -0.347 e. The summed E-state index contributed by atoms with van der Waals surface area (Å²) in [5.74, 6) is 0.583. The first-order valence-electron chi connectivity index (χ1n) is 6.62. The largest absolute Gasteiger partial charge is 0.347 e. The van der Waals surface area contributed by atoms with Gasteiger partial charge in [0.2, 0.25) is 0 Å². The molecule has 0 aromatic carbocycles. The molecular weight excluding hydrogens is 299 g/mol. The third-order valence-electron chi connectivity index (χ3n) is 3.13. The Kier molecular flexibility index (Phi) is 6.65. The second kappa shape index (κ2) is 7.76.